The summed E-state index contributed by atoms with van der Waals surface area (Å²) in [5, 5.41) is 3.56. The fourth-order valence-electron chi connectivity index (χ4n) is 4.14. The van der Waals surface area contributed by atoms with E-state index < -0.39 is 5.54 Å². The van der Waals surface area contributed by atoms with Crippen LogP contribution in [0.2, 0.25) is 0 Å². The van der Waals surface area contributed by atoms with Crippen LogP contribution in [-0.4, -0.2) is 5.84 Å². The van der Waals surface area contributed by atoms with Gasteiger partial charge in [0.2, 0.25) is 0 Å². The second kappa shape index (κ2) is 7.81. The van der Waals surface area contributed by atoms with E-state index in [0.29, 0.717) is 5.88 Å². The number of para-hydroxylation sites is 1. The van der Waals surface area contributed by atoms with Crippen molar-refractivity contribution in [2.45, 2.75) is 11.4 Å². The van der Waals surface area contributed by atoms with Crippen LogP contribution in [0.25, 0.3) is 0 Å². The fourth-order valence-corrected chi connectivity index (χ4v) is 4.32. The number of amidine groups is 1. The van der Waals surface area contributed by atoms with Crippen molar-refractivity contribution in [1.29, 1.82) is 0 Å². The second-order valence-electron chi connectivity index (χ2n) is 7.40. The monoisotopic (exact) mass is 408 g/mol. The van der Waals surface area contributed by atoms with Crippen LogP contribution in [0.4, 0.5) is 5.69 Å². The molecule has 2 nitrogen and oxygen atoms in total. The van der Waals surface area contributed by atoms with Crippen molar-refractivity contribution in [2.75, 3.05) is 5.32 Å². The highest BCUT2D eigenvalue weighted by Crippen LogP contribution is 2.46. The van der Waals surface area contributed by atoms with Crippen LogP contribution < -0.4 is 5.32 Å². The molecule has 1 aliphatic heterocycles. The lowest BCUT2D eigenvalue weighted by molar-refractivity contribution is 0.652. The predicted octanol–water partition coefficient (Wildman–Crippen LogP) is 6.59. The van der Waals surface area contributed by atoms with Gasteiger partial charge in [0.25, 0.3) is 0 Å². The Balaban J connectivity index is 1.81. The van der Waals surface area contributed by atoms with Crippen molar-refractivity contribution in [3.05, 3.63) is 137 Å². The molecule has 0 aromatic heterocycles. The van der Waals surface area contributed by atoms with Gasteiger partial charge < -0.3 is 5.32 Å². The van der Waals surface area contributed by atoms with Gasteiger partial charge in [0.15, 0.2) is 0 Å². The SMILES string of the molecule is ClCc1ccc(C2=NC(c3ccccc3)(c3ccccc3)c3ccccc3N2)cc1. The van der Waals surface area contributed by atoms with E-state index in [1.165, 1.54) is 0 Å². The molecule has 0 atom stereocenters. The molecule has 5 rings (SSSR count). The minimum absolute atomic E-state index is 0.501. The number of rotatable bonds is 4. The van der Waals surface area contributed by atoms with Crippen LogP contribution in [0.15, 0.2) is 114 Å². The average Bonchev–Trinajstić information content (AvgIpc) is 2.84. The first-order chi connectivity index (χ1) is 14.8. The van der Waals surface area contributed by atoms with Gasteiger partial charge in [-0.2, -0.15) is 0 Å². The molecule has 0 unspecified atom stereocenters. The maximum Gasteiger partial charge on any atom is 0.140 e. The van der Waals surface area contributed by atoms with E-state index in [4.69, 9.17) is 16.6 Å². The number of hydrogen-bond donors (Lipinski definition) is 1. The molecule has 1 aliphatic rings. The summed E-state index contributed by atoms with van der Waals surface area (Å²) in [5.74, 6) is 1.35. The van der Waals surface area contributed by atoms with Gasteiger partial charge in [-0.05, 0) is 22.8 Å². The molecule has 0 aliphatic carbocycles. The topological polar surface area (TPSA) is 24.4 Å². The van der Waals surface area contributed by atoms with Gasteiger partial charge in [0.1, 0.15) is 11.4 Å². The van der Waals surface area contributed by atoms with E-state index in [2.05, 4.69) is 102 Å². The molecule has 0 saturated carbocycles. The van der Waals surface area contributed by atoms with Gasteiger partial charge in [-0.15, -0.1) is 11.6 Å². The second-order valence-corrected chi connectivity index (χ2v) is 7.67. The summed E-state index contributed by atoms with van der Waals surface area (Å²) >= 11 is 5.99. The molecule has 4 aromatic rings. The maximum absolute atomic E-state index is 5.99. The predicted molar refractivity (Wildman–Crippen MR) is 125 cm³/mol. The molecular weight excluding hydrogens is 388 g/mol. The molecule has 0 saturated heterocycles. The summed E-state index contributed by atoms with van der Waals surface area (Å²) in [4.78, 5) is 5.39. The third kappa shape index (κ3) is 3.10. The van der Waals surface area contributed by atoms with Gasteiger partial charge in [0.05, 0.1) is 0 Å². The average molecular weight is 409 g/mol. The first-order valence-electron chi connectivity index (χ1n) is 10.0. The maximum atomic E-state index is 5.99. The lowest BCUT2D eigenvalue weighted by atomic mass is 9.76. The van der Waals surface area contributed by atoms with Crippen molar-refractivity contribution >= 4 is 23.1 Å². The van der Waals surface area contributed by atoms with Crippen molar-refractivity contribution in [3.8, 4) is 0 Å². The summed E-state index contributed by atoms with van der Waals surface area (Å²) < 4.78 is 0. The molecule has 1 N–H and O–H groups in total. The molecule has 4 aromatic carbocycles. The Morgan fingerprint density at radius 2 is 1.23 bits per heavy atom. The summed E-state index contributed by atoms with van der Waals surface area (Å²) in [6.45, 7) is 0. The molecule has 0 spiro atoms. The lowest BCUT2D eigenvalue weighted by Gasteiger charge is -2.38. The summed E-state index contributed by atoms with van der Waals surface area (Å²) in [6, 6.07) is 37.7. The standard InChI is InChI=1S/C27H21ClN2/c28-19-20-15-17-21(18-16-20)26-29-25-14-8-7-13-24(25)27(30-26,22-9-3-1-4-10-22)23-11-5-2-6-12-23/h1-18H,19H2,(H,29,30). The van der Waals surface area contributed by atoms with Crippen LogP contribution in [0.1, 0.15) is 27.8 Å². The normalized spacial score (nSPS) is 14.4. The highest BCUT2D eigenvalue weighted by Gasteiger charge is 2.41. The van der Waals surface area contributed by atoms with Gasteiger partial charge >= 0.3 is 0 Å². The Morgan fingerprint density at radius 1 is 0.667 bits per heavy atom. The Bertz CT molecular complexity index is 1140. The number of fused-ring (bicyclic) bond motifs is 1. The fraction of sp³-hybridized carbons (Fsp3) is 0.0741. The Kier molecular flexibility index (Phi) is 4.86. The number of aliphatic imine (C=N–C) groups is 1. The van der Waals surface area contributed by atoms with Gasteiger partial charge in [-0.1, -0.05) is 103 Å². The van der Waals surface area contributed by atoms with E-state index in [9.17, 15) is 0 Å². The van der Waals surface area contributed by atoms with E-state index in [0.717, 1.165) is 39.3 Å². The molecule has 0 bridgehead atoms. The highest BCUT2D eigenvalue weighted by molar-refractivity contribution is 6.17. The van der Waals surface area contributed by atoms with Crippen molar-refractivity contribution in [1.82, 2.24) is 0 Å². The molecule has 30 heavy (non-hydrogen) atoms. The Hall–Kier alpha value is -3.36. The number of benzene rings is 4. The lowest BCUT2D eigenvalue weighted by Crippen LogP contribution is -2.35. The zero-order valence-electron chi connectivity index (χ0n) is 16.4. The number of alkyl halides is 1. The first kappa shape index (κ1) is 18.7. The summed E-state index contributed by atoms with van der Waals surface area (Å²) in [7, 11) is 0. The summed E-state index contributed by atoms with van der Waals surface area (Å²) in [6.07, 6.45) is 0. The first-order valence-corrected chi connectivity index (χ1v) is 10.6. The Labute approximate surface area is 181 Å². The van der Waals surface area contributed by atoms with Crippen LogP contribution in [0, 0.1) is 0 Å². The molecule has 1 heterocycles. The van der Waals surface area contributed by atoms with E-state index in [1.807, 2.05) is 12.1 Å². The number of anilines is 1. The quantitative estimate of drug-likeness (QED) is 0.378. The van der Waals surface area contributed by atoms with E-state index >= 15 is 0 Å². The minimum atomic E-state index is -0.634. The summed E-state index contributed by atoms with van der Waals surface area (Å²) in [5.41, 5.74) is 5.98. The minimum Gasteiger partial charge on any atom is -0.340 e. The van der Waals surface area contributed by atoms with Gasteiger partial charge in [-0.25, -0.2) is 4.99 Å². The molecule has 3 heteroatoms. The van der Waals surface area contributed by atoms with E-state index in [1.54, 1.807) is 0 Å². The zero-order valence-corrected chi connectivity index (χ0v) is 17.2. The van der Waals surface area contributed by atoms with Crippen molar-refractivity contribution in [2.24, 2.45) is 4.99 Å². The van der Waals surface area contributed by atoms with E-state index in [-0.39, 0.29) is 0 Å². The van der Waals surface area contributed by atoms with Crippen molar-refractivity contribution in [3.63, 3.8) is 0 Å². The number of nitrogens with one attached hydrogen (secondary N) is 1. The number of hydrogen-bond acceptors (Lipinski definition) is 2. The third-order valence-corrected chi connectivity index (χ3v) is 5.92. The van der Waals surface area contributed by atoms with Crippen LogP contribution in [0.5, 0.6) is 0 Å². The van der Waals surface area contributed by atoms with Crippen LogP contribution >= 0.6 is 11.6 Å². The third-order valence-electron chi connectivity index (χ3n) is 5.61. The van der Waals surface area contributed by atoms with Crippen molar-refractivity contribution < 1.29 is 0 Å². The Morgan fingerprint density at radius 3 is 1.83 bits per heavy atom. The smallest absolute Gasteiger partial charge is 0.140 e. The van der Waals surface area contributed by atoms with Crippen LogP contribution in [0.3, 0.4) is 0 Å². The highest BCUT2D eigenvalue weighted by atomic mass is 35.5. The molecule has 0 fully saturated rings. The largest absolute Gasteiger partial charge is 0.340 e. The zero-order chi connectivity index (χ0) is 20.4. The molecular formula is C27H21ClN2. The van der Waals surface area contributed by atoms with Gasteiger partial charge in [0, 0.05) is 22.7 Å². The number of halogens is 1. The molecule has 0 radical (unpaired) electrons. The molecule has 146 valence electrons. The molecule has 0 amide bonds. The van der Waals surface area contributed by atoms with Crippen LogP contribution in [-0.2, 0) is 11.4 Å². The van der Waals surface area contributed by atoms with Gasteiger partial charge in [-0.3, -0.25) is 0 Å². The number of nitrogens with zero attached hydrogens (tertiary/aromatic N) is 1.